The van der Waals surface area contributed by atoms with Gasteiger partial charge in [-0.1, -0.05) is 30.3 Å². The SMILES string of the molecule is COc1ccc(/C=c2\[nH]c(=O)/c(=C/c3cccc(COC(C)=S)c3)[nH]c2=O)cc1. The van der Waals surface area contributed by atoms with Crippen LogP contribution >= 0.6 is 12.2 Å². The van der Waals surface area contributed by atoms with E-state index in [0.717, 1.165) is 16.7 Å². The molecule has 0 aliphatic rings. The number of hydrogen-bond donors (Lipinski definition) is 2. The van der Waals surface area contributed by atoms with Gasteiger partial charge < -0.3 is 19.4 Å². The highest BCUT2D eigenvalue weighted by Gasteiger charge is 2.00. The molecule has 0 aliphatic carbocycles. The lowest BCUT2D eigenvalue weighted by atomic mass is 10.1. The van der Waals surface area contributed by atoms with Crippen molar-refractivity contribution >= 4 is 29.4 Å². The van der Waals surface area contributed by atoms with Crippen LogP contribution in [0.4, 0.5) is 0 Å². The van der Waals surface area contributed by atoms with Gasteiger partial charge in [-0.15, -0.1) is 0 Å². The number of methoxy groups -OCH3 is 1. The number of aromatic nitrogens is 2. The lowest BCUT2D eigenvalue weighted by molar-refractivity contribution is 0.298. The average Bonchev–Trinajstić information content (AvgIpc) is 2.71. The Hall–Kier alpha value is -3.45. The van der Waals surface area contributed by atoms with Crippen molar-refractivity contribution in [1.29, 1.82) is 0 Å². The number of aromatic amines is 2. The quantitative estimate of drug-likeness (QED) is 0.627. The Labute approximate surface area is 172 Å². The summed E-state index contributed by atoms with van der Waals surface area (Å²) in [6, 6.07) is 14.6. The monoisotopic (exact) mass is 408 g/mol. The van der Waals surface area contributed by atoms with E-state index in [1.54, 1.807) is 50.5 Å². The smallest absolute Gasteiger partial charge is 0.272 e. The highest BCUT2D eigenvalue weighted by Crippen LogP contribution is 2.11. The molecule has 6 nitrogen and oxygen atoms in total. The molecular weight excluding hydrogens is 388 g/mol. The Morgan fingerprint density at radius 1 is 0.966 bits per heavy atom. The predicted octanol–water partition coefficient (Wildman–Crippen LogP) is 1.59. The van der Waals surface area contributed by atoms with Crippen molar-refractivity contribution in [1.82, 2.24) is 9.97 Å². The number of nitrogens with one attached hydrogen (secondary N) is 2. The standard InChI is InChI=1S/C22H20N2O4S/c1-14(29)28-13-17-5-3-4-16(10-17)12-20-22(26)23-19(21(25)24-20)11-15-6-8-18(27-2)9-7-15/h3-12H,13H2,1-2H3,(H,23,26)(H,24,25)/b19-11-,20-12-. The Bertz CT molecular complexity index is 1260. The van der Waals surface area contributed by atoms with Crippen LogP contribution in [0.15, 0.2) is 58.1 Å². The Morgan fingerprint density at radius 2 is 1.59 bits per heavy atom. The molecule has 0 saturated carbocycles. The van der Waals surface area contributed by atoms with Gasteiger partial charge in [0.2, 0.25) is 0 Å². The first-order chi connectivity index (χ1) is 13.9. The predicted molar refractivity (Wildman–Crippen MR) is 117 cm³/mol. The second-order valence-corrected chi connectivity index (χ2v) is 6.90. The van der Waals surface area contributed by atoms with Crippen molar-refractivity contribution in [2.45, 2.75) is 13.5 Å². The second kappa shape index (κ2) is 9.16. The van der Waals surface area contributed by atoms with E-state index in [-0.39, 0.29) is 21.8 Å². The number of benzene rings is 2. The number of H-pyrrole nitrogens is 2. The van der Waals surface area contributed by atoms with Crippen LogP contribution in [0.1, 0.15) is 23.6 Å². The maximum absolute atomic E-state index is 12.4. The van der Waals surface area contributed by atoms with Gasteiger partial charge >= 0.3 is 0 Å². The van der Waals surface area contributed by atoms with E-state index in [2.05, 4.69) is 9.97 Å². The number of thiocarbonyl (C=S) groups is 1. The van der Waals surface area contributed by atoms with Gasteiger partial charge in [0.25, 0.3) is 11.1 Å². The maximum atomic E-state index is 12.4. The lowest BCUT2D eigenvalue weighted by Crippen LogP contribution is -2.46. The van der Waals surface area contributed by atoms with Crippen molar-refractivity contribution in [2.24, 2.45) is 0 Å². The third-order valence-corrected chi connectivity index (χ3v) is 4.23. The van der Waals surface area contributed by atoms with Crippen LogP contribution in [0.25, 0.3) is 12.2 Å². The first-order valence-electron chi connectivity index (χ1n) is 8.87. The summed E-state index contributed by atoms with van der Waals surface area (Å²) in [4.78, 5) is 30.1. The minimum Gasteiger partial charge on any atom is -0.497 e. The fraction of sp³-hybridized carbons (Fsp3) is 0.136. The molecule has 0 atom stereocenters. The highest BCUT2D eigenvalue weighted by atomic mass is 32.1. The summed E-state index contributed by atoms with van der Waals surface area (Å²) in [6.45, 7) is 2.06. The fourth-order valence-corrected chi connectivity index (χ4v) is 2.75. The van der Waals surface area contributed by atoms with E-state index in [1.165, 1.54) is 0 Å². The van der Waals surface area contributed by atoms with Crippen LogP contribution in [-0.4, -0.2) is 22.1 Å². The molecule has 0 aliphatic heterocycles. The summed E-state index contributed by atoms with van der Waals surface area (Å²) in [5.41, 5.74) is 1.67. The normalized spacial score (nSPS) is 12.1. The molecule has 0 bridgehead atoms. The molecule has 29 heavy (non-hydrogen) atoms. The van der Waals surface area contributed by atoms with E-state index < -0.39 is 0 Å². The van der Waals surface area contributed by atoms with Gasteiger partial charge in [-0.25, -0.2) is 0 Å². The average molecular weight is 408 g/mol. The summed E-state index contributed by atoms with van der Waals surface area (Å²) in [5, 5.41) is 0.811. The summed E-state index contributed by atoms with van der Waals surface area (Å²) in [6.07, 6.45) is 3.22. The number of rotatable bonds is 5. The molecule has 0 unspecified atom stereocenters. The van der Waals surface area contributed by atoms with E-state index in [4.69, 9.17) is 21.7 Å². The molecule has 1 heterocycles. The Morgan fingerprint density at radius 3 is 2.17 bits per heavy atom. The molecule has 3 rings (SSSR count). The number of ether oxygens (including phenoxy) is 2. The topological polar surface area (TPSA) is 84.2 Å². The molecule has 0 saturated heterocycles. The van der Waals surface area contributed by atoms with Gasteiger partial charge in [-0.3, -0.25) is 9.59 Å². The molecule has 3 aromatic rings. The molecular formula is C22H20N2O4S. The van der Waals surface area contributed by atoms with Crippen molar-refractivity contribution in [2.75, 3.05) is 7.11 Å². The van der Waals surface area contributed by atoms with E-state index in [1.807, 2.05) is 24.3 Å². The van der Waals surface area contributed by atoms with Gasteiger partial charge in [0, 0.05) is 6.92 Å². The van der Waals surface area contributed by atoms with Gasteiger partial charge in [-0.2, -0.15) is 0 Å². The molecule has 1 aromatic heterocycles. The van der Waals surface area contributed by atoms with Crippen molar-refractivity contribution in [3.63, 3.8) is 0 Å². The van der Waals surface area contributed by atoms with Gasteiger partial charge in [-0.05, 0) is 59.3 Å². The molecule has 0 radical (unpaired) electrons. The van der Waals surface area contributed by atoms with Gasteiger partial charge in [0.15, 0.2) is 5.05 Å². The van der Waals surface area contributed by atoms with E-state index in [9.17, 15) is 9.59 Å². The summed E-state index contributed by atoms with van der Waals surface area (Å²) < 4.78 is 10.5. The third kappa shape index (κ3) is 5.52. The lowest BCUT2D eigenvalue weighted by Gasteiger charge is -2.04. The number of hydrogen-bond acceptors (Lipinski definition) is 5. The zero-order valence-corrected chi connectivity index (χ0v) is 16.8. The molecule has 148 valence electrons. The van der Waals surface area contributed by atoms with Crippen LogP contribution in [0.2, 0.25) is 0 Å². The fourth-order valence-electron chi connectivity index (χ4n) is 2.69. The summed E-state index contributed by atoms with van der Waals surface area (Å²) in [7, 11) is 1.58. The zero-order chi connectivity index (χ0) is 20.8. The molecule has 7 heteroatoms. The third-order valence-electron chi connectivity index (χ3n) is 4.12. The van der Waals surface area contributed by atoms with Crippen molar-refractivity contribution < 1.29 is 9.47 Å². The van der Waals surface area contributed by atoms with Crippen LogP contribution in [0.5, 0.6) is 5.75 Å². The van der Waals surface area contributed by atoms with Gasteiger partial charge in [0.05, 0.1) is 7.11 Å². The highest BCUT2D eigenvalue weighted by molar-refractivity contribution is 7.80. The molecule has 0 spiro atoms. The maximum Gasteiger partial charge on any atom is 0.272 e. The van der Waals surface area contributed by atoms with Crippen LogP contribution in [-0.2, 0) is 11.3 Å². The summed E-state index contributed by atoms with van der Waals surface area (Å²) in [5.74, 6) is 0.711. The first kappa shape index (κ1) is 20.3. The minimum atomic E-state index is -0.388. The Balaban J connectivity index is 1.96. The van der Waals surface area contributed by atoms with Crippen molar-refractivity contribution in [3.8, 4) is 5.75 Å². The molecule has 2 aromatic carbocycles. The van der Waals surface area contributed by atoms with Gasteiger partial charge in [0.1, 0.15) is 23.1 Å². The second-order valence-electron chi connectivity index (χ2n) is 6.32. The van der Waals surface area contributed by atoms with E-state index >= 15 is 0 Å². The van der Waals surface area contributed by atoms with E-state index in [0.29, 0.717) is 17.4 Å². The molecule has 0 fully saturated rings. The largest absolute Gasteiger partial charge is 0.497 e. The first-order valence-corrected chi connectivity index (χ1v) is 9.28. The van der Waals surface area contributed by atoms with Crippen LogP contribution < -0.4 is 26.6 Å². The molecule has 0 amide bonds. The van der Waals surface area contributed by atoms with Crippen molar-refractivity contribution in [3.05, 3.63) is 96.6 Å². The molecule has 2 N–H and O–H groups in total. The minimum absolute atomic E-state index is 0.172. The van der Waals surface area contributed by atoms with Crippen LogP contribution in [0, 0.1) is 0 Å². The van der Waals surface area contributed by atoms with Crippen LogP contribution in [0.3, 0.4) is 0 Å². The summed E-state index contributed by atoms with van der Waals surface area (Å²) >= 11 is 4.91. The Kier molecular flexibility index (Phi) is 6.41. The zero-order valence-electron chi connectivity index (χ0n) is 16.0.